The number of fused-ring (bicyclic) bond motifs is 1. The summed E-state index contributed by atoms with van der Waals surface area (Å²) in [7, 11) is 0. The highest BCUT2D eigenvalue weighted by Gasteiger charge is 2.04. The van der Waals surface area contributed by atoms with E-state index in [4.69, 9.17) is 5.73 Å². The molecule has 0 fully saturated rings. The van der Waals surface area contributed by atoms with Gasteiger partial charge in [-0.15, -0.1) is 0 Å². The Kier molecular flexibility index (Phi) is 5.26. The highest BCUT2D eigenvalue weighted by Crippen LogP contribution is 2.23. The molecular formula is C20H23N3O. The van der Waals surface area contributed by atoms with Crippen LogP contribution in [0.1, 0.15) is 37.9 Å². The van der Waals surface area contributed by atoms with E-state index in [9.17, 15) is 4.79 Å². The summed E-state index contributed by atoms with van der Waals surface area (Å²) in [6.45, 7) is 0. The average Bonchev–Trinajstić information content (AvgIpc) is 3.06. The number of aryl methyl sites for hydroxylation is 1. The van der Waals surface area contributed by atoms with Gasteiger partial charge < -0.3 is 10.7 Å². The minimum Gasteiger partial charge on any atom is -0.370 e. The van der Waals surface area contributed by atoms with E-state index in [1.54, 1.807) is 0 Å². The zero-order chi connectivity index (χ0) is 16.8. The Morgan fingerprint density at radius 1 is 1.00 bits per heavy atom. The van der Waals surface area contributed by atoms with Crippen molar-refractivity contribution in [1.82, 2.24) is 9.97 Å². The van der Waals surface area contributed by atoms with Crippen LogP contribution in [0.5, 0.6) is 0 Å². The van der Waals surface area contributed by atoms with Crippen molar-refractivity contribution < 1.29 is 4.79 Å². The maximum Gasteiger partial charge on any atom is 0.217 e. The van der Waals surface area contributed by atoms with Gasteiger partial charge in [0.15, 0.2) is 0 Å². The Labute approximate surface area is 142 Å². The third-order valence-corrected chi connectivity index (χ3v) is 4.28. The number of aromatic amines is 1. The first-order chi connectivity index (χ1) is 11.7. The largest absolute Gasteiger partial charge is 0.370 e. The zero-order valence-corrected chi connectivity index (χ0v) is 13.8. The van der Waals surface area contributed by atoms with Crippen LogP contribution in [0, 0.1) is 0 Å². The van der Waals surface area contributed by atoms with Gasteiger partial charge in [-0.1, -0.05) is 49.2 Å². The van der Waals surface area contributed by atoms with Crippen molar-refractivity contribution in [2.45, 2.75) is 38.5 Å². The standard InChI is InChI=1S/C20H23N3O/c21-19(24)9-3-1-2-4-10-20-22-14-18(23-20)17-12-11-15-7-5-6-8-16(15)13-17/h5-8,11-14H,1-4,9-10H2,(H2,21,24)(H,22,23). The lowest BCUT2D eigenvalue weighted by Gasteiger charge is -2.02. The van der Waals surface area contributed by atoms with Crippen LogP contribution in [0.3, 0.4) is 0 Å². The van der Waals surface area contributed by atoms with Gasteiger partial charge in [-0.2, -0.15) is 0 Å². The number of carbonyl (C=O) groups excluding carboxylic acids is 1. The maximum absolute atomic E-state index is 10.7. The average molecular weight is 321 g/mol. The Bertz CT molecular complexity index is 822. The maximum atomic E-state index is 10.7. The molecule has 3 aromatic rings. The number of unbranched alkanes of at least 4 members (excludes halogenated alkanes) is 3. The van der Waals surface area contributed by atoms with E-state index in [0.29, 0.717) is 6.42 Å². The van der Waals surface area contributed by atoms with E-state index >= 15 is 0 Å². The Morgan fingerprint density at radius 2 is 1.79 bits per heavy atom. The first kappa shape index (κ1) is 16.2. The van der Waals surface area contributed by atoms with Gasteiger partial charge in [-0.05, 0) is 29.7 Å². The number of nitrogens with zero attached hydrogens (tertiary/aromatic N) is 1. The van der Waals surface area contributed by atoms with E-state index < -0.39 is 0 Å². The second kappa shape index (κ2) is 7.77. The molecule has 0 saturated heterocycles. The molecule has 0 atom stereocenters. The van der Waals surface area contributed by atoms with Crippen molar-refractivity contribution in [3.05, 3.63) is 54.5 Å². The topological polar surface area (TPSA) is 71.8 Å². The first-order valence-corrected chi connectivity index (χ1v) is 8.54. The summed E-state index contributed by atoms with van der Waals surface area (Å²) in [5, 5.41) is 2.48. The predicted molar refractivity (Wildman–Crippen MR) is 97.5 cm³/mol. The van der Waals surface area contributed by atoms with Crippen LogP contribution < -0.4 is 5.73 Å². The molecule has 4 nitrogen and oxygen atoms in total. The minimum atomic E-state index is -0.207. The predicted octanol–water partition coefficient (Wildman–Crippen LogP) is 4.21. The van der Waals surface area contributed by atoms with Crippen molar-refractivity contribution in [1.29, 1.82) is 0 Å². The fourth-order valence-electron chi connectivity index (χ4n) is 2.94. The van der Waals surface area contributed by atoms with Crippen LogP contribution in [0.15, 0.2) is 48.7 Å². The molecule has 0 unspecified atom stereocenters. The molecule has 0 spiro atoms. The summed E-state index contributed by atoms with van der Waals surface area (Å²) in [5.41, 5.74) is 7.36. The van der Waals surface area contributed by atoms with Crippen LogP contribution in [-0.2, 0) is 11.2 Å². The van der Waals surface area contributed by atoms with Crippen molar-refractivity contribution in [2.75, 3.05) is 0 Å². The van der Waals surface area contributed by atoms with E-state index in [2.05, 4.69) is 52.4 Å². The molecule has 1 amide bonds. The molecule has 24 heavy (non-hydrogen) atoms. The SMILES string of the molecule is NC(=O)CCCCCCc1ncc(-c2ccc3ccccc3c2)[nH]1. The number of hydrogen-bond acceptors (Lipinski definition) is 2. The van der Waals surface area contributed by atoms with Crippen molar-refractivity contribution >= 4 is 16.7 Å². The van der Waals surface area contributed by atoms with Gasteiger partial charge in [0.05, 0.1) is 11.9 Å². The number of amides is 1. The van der Waals surface area contributed by atoms with Crippen LogP contribution in [-0.4, -0.2) is 15.9 Å². The van der Waals surface area contributed by atoms with E-state index in [1.807, 2.05) is 6.20 Å². The number of hydrogen-bond donors (Lipinski definition) is 2. The normalized spacial score (nSPS) is 11.0. The minimum absolute atomic E-state index is 0.207. The van der Waals surface area contributed by atoms with E-state index in [0.717, 1.165) is 49.2 Å². The molecule has 0 aliphatic heterocycles. The third-order valence-electron chi connectivity index (χ3n) is 4.28. The molecule has 0 radical (unpaired) electrons. The van der Waals surface area contributed by atoms with Crippen molar-refractivity contribution in [3.8, 4) is 11.3 Å². The van der Waals surface area contributed by atoms with Gasteiger partial charge in [0.2, 0.25) is 5.91 Å². The number of nitrogens with two attached hydrogens (primary N) is 1. The first-order valence-electron chi connectivity index (χ1n) is 8.54. The molecular weight excluding hydrogens is 298 g/mol. The lowest BCUT2D eigenvalue weighted by Crippen LogP contribution is -2.09. The van der Waals surface area contributed by atoms with Gasteiger partial charge >= 0.3 is 0 Å². The van der Waals surface area contributed by atoms with Crippen LogP contribution in [0.25, 0.3) is 22.0 Å². The van der Waals surface area contributed by atoms with Gasteiger partial charge in [0.25, 0.3) is 0 Å². The molecule has 4 heteroatoms. The van der Waals surface area contributed by atoms with E-state index in [-0.39, 0.29) is 5.91 Å². The molecule has 0 bridgehead atoms. The molecule has 0 aliphatic rings. The lowest BCUT2D eigenvalue weighted by atomic mass is 10.1. The molecule has 1 aromatic heterocycles. The Balaban J connectivity index is 1.55. The fourth-order valence-corrected chi connectivity index (χ4v) is 2.94. The number of benzene rings is 2. The van der Waals surface area contributed by atoms with Gasteiger partial charge in [0.1, 0.15) is 5.82 Å². The molecule has 0 saturated carbocycles. The highest BCUT2D eigenvalue weighted by atomic mass is 16.1. The molecule has 1 heterocycles. The van der Waals surface area contributed by atoms with E-state index in [1.165, 1.54) is 10.8 Å². The van der Waals surface area contributed by atoms with Gasteiger partial charge in [0, 0.05) is 18.4 Å². The number of aromatic nitrogens is 2. The second-order valence-electron chi connectivity index (χ2n) is 6.19. The smallest absolute Gasteiger partial charge is 0.217 e. The Hall–Kier alpha value is -2.62. The van der Waals surface area contributed by atoms with Crippen molar-refractivity contribution in [3.63, 3.8) is 0 Å². The molecule has 124 valence electrons. The number of H-pyrrole nitrogens is 1. The van der Waals surface area contributed by atoms with Crippen LogP contribution in [0.2, 0.25) is 0 Å². The summed E-state index contributed by atoms with van der Waals surface area (Å²) >= 11 is 0. The van der Waals surface area contributed by atoms with Crippen molar-refractivity contribution in [2.24, 2.45) is 5.73 Å². The number of carbonyl (C=O) groups is 1. The fraction of sp³-hybridized carbons (Fsp3) is 0.300. The summed E-state index contributed by atoms with van der Waals surface area (Å²) in [6, 6.07) is 14.8. The monoisotopic (exact) mass is 321 g/mol. The number of primary amides is 1. The second-order valence-corrected chi connectivity index (χ2v) is 6.19. The summed E-state index contributed by atoms with van der Waals surface area (Å²) in [4.78, 5) is 18.6. The van der Waals surface area contributed by atoms with Gasteiger partial charge in [-0.25, -0.2) is 4.98 Å². The molecule has 0 aliphatic carbocycles. The van der Waals surface area contributed by atoms with Crippen LogP contribution >= 0.6 is 0 Å². The third kappa shape index (κ3) is 4.22. The van der Waals surface area contributed by atoms with Gasteiger partial charge in [-0.3, -0.25) is 4.79 Å². The summed E-state index contributed by atoms with van der Waals surface area (Å²) < 4.78 is 0. The van der Waals surface area contributed by atoms with Crippen LogP contribution in [0.4, 0.5) is 0 Å². The summed E-state index contributed by atoms with van der Waals surface area (Å²) in [6.07, 6.45) is 7.43. The zero-order valence-electron chi connectivity index (χ0n) is 13.8. The Morgan fingerprint density at radius 3 is 2.62 bits per heavy atom. The lowest BCUT2D eigenvalue weighted by molar-refractivity contribution is -0.118. The molecule has 3 rings (SSSR count). The number of nitrogens with one attached hydrogen (secondary N) is 1. The molecule has 3 N–H and O–H groups in total. The number of rotatable bonds is 8. The number of imidazole rings is 1. The highest BCUT2D eigenvalue weighted by molar-refractivity contribution is 5.86. The molecule has 2 aromatic carbocycles. The summed E-state index contributed by atoms with van der Waals surface area (Å²) in [5.74, 6) is 0.814. The quantitative estimate of drug-likeness (QED) is 0.610.